The topological polar surface area (TPSA) is 55.4 Å². The second kappa shape index (κ2) is 6.74. The summed E-state index contributed by atoms with van der Waals surface area (Å²) in [6.07, 6.45) is 0.744. The van der Waals surface area contributed by atoms with Crippen molar-refractivity contribution >= 4 is 10.0 Å². The van der Waals surface area contributed by atoms with E-state index >= 15 is 0 Å². The highest BCUT2D eigenvalue weighted by Crippen LogP contribution is 2.22. The molecule has 0 spiro atoms. The fourth-order valence-corrected chi connectivity index (χ4v) is 3.05. The molecule has 112 valence electrons. The van der Waals surface area contributed by atoms with Gasteiger partial charge in [-0.2, -0.15) is 0 Å². The number of hydrogen-bond donors (Lipinski definition) is 1. The minimum Gasteiger partial charge on any atom is -0.457 e. The normalized spacial score (nSPS) is 12.9. The van der Waals surface area contributed by atoms with Crippen LogP contribution in [0.5, 0.6) is 11.5 Å². The average molecular weight is 305 g/mol. The molecule has 0 fully saturated rings. The summed E-state index contributed by atoms with van der Waals surface area (Å²) in [5, 5.41) is 0. The van der Waals surface area contributed by atoms with Gasteiger partial charge in [0.25, 0.3) is 0 Å². The maximum atomic E-state index is 12.1. The van der Waals surface area contributed by atoms with Gasteiger partial charge in [-0.3, -0.25) is 0 Å². The van der Waals surface area contributed by atoms with E-state index in [1.54, 1.807) is 24.3 Å². The van der Waals surface area contributed by atoms with Gasteiger partial charge in [0.15, 0.2) is 0 Å². The quantitative estimate of drug-likeness (QED) is 0.888. The van der Waals surface area contributed by atoms with Crippen LogP contribution in [0.4, 0.5) is 0 Å². The highest BCUT2D eigenvalue weighted by Gasteiger charge is 2.16. The Kier molecular flexibility index (Phi) is 4.98. The zero-order chi connectivity index (χ0) is 15.3. The zero-order valence-electron chi connectivity index (χ0n) is 12.1. The fraction of sp³-hybridized carbons (Fsp3) is 0.250. The molecule has 2 aromatic rings. The Morgan fingerprint density at radius 1 is 1.00 bits per heavy atom. The first-order valence-corrected chi connectivity index (χ1v) is 8.35. The van der Waals surface area contributed by atoms with Crippen LogP contribution in [0.25, 0.3) is 0 Å². The monoisotopic (exact) mass is 305 g/mol. The van der Waals surface area contributed by atoms with Crippen molar-refractivity contribution in [2.24, 2.45) is 0 Å². The van der Waals surface area contributed by atoms with Crippen LogP contribution in [0.2, 0.25) is 0 Å². The van der Waals surface area contributed by atoms with E-state index in [1.165, 1.54) is 0 Å². The van der Waals surface area contributed by atoms with Crippen molar-refractivity contribution in [1.82, 2.24) is 4.72 Å². The van der Waals surface area contributed by atoms with Crippen LogP contribution in [0.15, 0.2) is 59.5 Å². The molecule has 0 saturated heterocycles. The first-order chi connectivity index (χ1) is 10.0. The Morgan fingerprint density at radius 3 is 2.14 bits per heavy atom. The lowest BCUT2D eigenvalue weighted by Gasteiger charge is -2.12. The molecule has 5 heteroatoms. The molecular weight excluding hydrogens is 286 g/mol. The molecule has 0 aliphatic rings. The molecule has 0 heterocycles. The van der Waals surface area contributed by atoms with Crippen molar-refractivity contribution in [2.45, 2.75) is 31.2 Å². The summed E-state index contributed by atoms with van der Waals surface area (Å²) >= 11 is 0. The van der Waals surface area contributed by atoms with E-state index in [2.05, 4.69) is 4.72 Å². The van der Waals surface area contributed by atoms with Gasteiger partial charge in [0.2, 0.25) is 10.0 Å². The van der Waals surface area contributed by atoms with E-state index in [4.69, 9.17) is 4.74 Å². The molecule has 0 amide bonds. The number of sulfonamides is 1. The lowest BCUT2D eigenvalue weighted by Crippen LogP contribution is -2.31. The molecule has 1 N–H and O–H groups in total. The minimum absolute atomic E-state index is 0.0877. The third-order valence-corrected chi connectivity index (χ3v) is 4.69. The maximum absolute atomic E-state index is 12.1. The highest BCUT2D eigenvalue weighted by molar-refractivity contribution is 7.89. The van der Waals surface area contributed by atoms with E-state index in [0.29, 0.717) is 11.5 Å². The Balaban J connectivity index is 2.12. The molecule has 0 aliphatic carbocycles. The summed E-state index contributed by atoms with van der Waals surface area (Å²) in [6.45, 7) is 3.77. The van der Waals surface area contributed by atoms with E-state index < -0.39 is 10.0 Å². The van der Waals surface area contributed by atoms with Crippen molar-refractivity contribution in [1.29, 1.82) is 0 Å². The Labute approximate surface area is 125 Å². The van der Waals surface area contributed by atoms with Crippen LogP contribution in [-0.2, 0) is 10.0 Å². The third-order valence-electron chi connectivity index (χ3n) is 3.08. The predicted octanol–water partition coefficient (Wildman–Crippen LogP) is 3.56. The predicted molar refractivity (Wildman–Crippen MR) is 83.0 cm³/mol. The zero-order valence-corrected chi connectivity index (χ0v) is 12.9. The van der Waals surface area contributed by atoms with Crippen LogP contribution in [0.3, 0.4) is 0 Å². The first-order valence-electron chi connectivity index (χ1n) is 6.86. The van der Waals surface area contributed by atoms with Gasteiger partial charge in [0.05, 0.1) is 4.90 Å². The van der Waals surface area contributed by atoms with Crippen LogP contribution in [0, 0.1) is 0 Å². The van der Waals surface area contributed by atoms with Crippen LogP contribution < -0.4 is 9.46 Å². The largest absolute Gasteiger partial charge is 0.457 e. The van der Waals surface area contributed by atoms with Crippen molar-refractivity contribution in [2.75, 3.05) is 0 Å². The molecule has 21 heavy (non-hydrogen) atoms. The summed E-state index contributed by atoms with van der Waals surface area (Å²) in [6, 6.07) is 15.7. The van der Waals surface area contributed by atoms with Crippen molar-refractivity contribution in [3.05, 3.63) is 54.6 Å². The number of para-hydroxylation sites is 1. The van der Waals surface area contributed by atoms with E-state index in [1.807, 2.05) is 44.2 Å². The van der Waals surface area contributed by atoms with Gasteiger partial charge in [-0.1, -0.05) is 25.1 Å². The van der Waals surface area contributed by atoms with E-state index in [-0.39, 0.29) is 10.9 Å². The molecular formula is C16H19NO3S. The molecule has 0 aromatic heterocycles. The number of rotatable bonds is 6. The van der Waals surface area contributed by atoms with Gasteiger partial charge >= 0.3 is 0 Å². The number of hydrogen-bond acceptors (Lipinski definition) is 3. The molecule has 0 saturated carbocycles. The molecule has 0 bridgehead atoms. The van der Waals surface area contributed by atoms with E-state index in [0.717, 1.165) is 6.42 Å². The average Bonchev–Trinajstić information content (AvgIpc) is 2.48. The van der Waals surface area contributed by atoms with Gasteiger partial charge in [-0.25, -0.2) is 13.1 Å². The number of benzene rings is 2. The van der Waals surface area contributed by atoms with Crippen LogP contribution in [0.1, 0.15) is 20.3 Å². The lowest BCUT2D eigenvalue weighted by molar-refractivity contribution is 0.482. The summed E-state index contributed by atoms with van der Waals surface area (Å²) in [5.41, 5.74) is 0. The Morgan fingerprint density at radius 2 is 1.57 bits per heavy atom. The molecule has 2 rings (SSSR count). The van der Waals surface area contributed by atoms with Gasteiger partial charge in [0, 0.05) is 6.04 Å². The van der Waals surface area contributed by atoms with Crippen molar-refractivity contribution in [3.63, 3.8) is 0 Å². The fourth-order valence-electron chi connectivity index (χ4n) is 1.73. The van der Waals surface area contributed by atoms with Gasteiger partial charge in [0.1, 0.15) is 11.5 Å². The van der Waals surface area contributed by atoms with Crippen molar-refractivity contribution in [3.8, 4) is 11.5 Å². The minimum atomic E-state index is -3.47. The van der Waals surface area contributed by atoms with Crippen LogP contribution in [-0.4, -0.2) is 14.5 Å². The summed E-state index contributed by atoms with van der Waals surface area (Å²) in [4.78, 5) is 0.239. The molecule has 2 aromatic carbocycles. The maximum Gasteiger partial charge on any atom is 0.240 e. The van der Waals surface area contributed by atoms with Crippen LogP contribution >= 0.6 is 0 Å². The third kappa shape index (κ3) is 4.31. The lowest BCUT2D eigenvalue weighted by atomic mass is 10.3. The van der Waals surface area contributed by atoms with Gasteiger partial charge in [-0.05, 0) is 49.7 Å². The molecule has 4 nitrogen and oxygen atoms in total. The summed E-state index contributed by atoms with van der Waals surface area (Å²) < 4.78 is 32.5. The highest BCUT2D eigenvalue weighted by atomic mass is 32.2. The summed E-state index contributed by atoms with van der Waals surface area (Å²) in [7, 11) is -3.47. The number of ether oxygens (including phenoxy) is 1. The van der Waals surface area contributed by atoms with E-state index in [9.17, 15) is 8.42 Å². The SMILES string of the molecule is CC[C@@H](C)NS(=O)(=O)c1ccc(Oc2ccccc2)cc1. The molecule has 0 radical (unpaired) electrons. The second-order valence-electron chi connectivity index (χ2n) is 4.82. The second-order valence-corrected chi connectivity index (χ2v) is 6.53. The molecule has 1 atom stereocenters. The van der Waals surface area contributed by atoms with Gasteiger partial charge < -0.3 is 4.74 Å². The summed E-state index contributed by atoms with van der Waals surface area (Å²) in [5.74, 6) is 1.31. The molecule has 0 aliphatic heterocycles. The first kappa shape index (κ1) is 15.5. The Bertz CT molecular complexity index is 666. The standard InChI is InChI=1S/C16H19NO3S/c1-3-13(2)17-21(18,19)16-11-9-15(10-12-16)20-14-7-5-4-6-8-14/h4-13,17H,3H2,1-2H3/t13-/m1/s1. The number of nitrogens with one attached hydrogen (secondary N) is 1. The molecule has 0 unspecified atom stereocenters. The van der Waals surface area contributed by atoms with Crippen molar-refractivity contribution < 1.29 is 13.2 Å². The Hall–Kier alpha value is -1.85. The smallest absolute Gasteiger partial charge is 0.240 e. The van der Waals surface area contributed by atoms with Gasteiger partial charge in [-0.15, -0.1) is 0 Å².